The summed E-state index contributed by atoms with van der Waals surface area (Å²) in [5.74, 6) is 0.101. The van der Waals surface area contributed by atoms with E-state index in [4.69, 9.17) is 0 Å². The van der Waals surface area contributed by atoms with Crippen molar-refractivity contribution in [3.05, 3.63) is 78.4 Å². The number of aryl methyl sites for hydroxylation is 1. The van der Waals surface area contributed by atoms with Crippen molar-refractivity contribution >= 4 is 11.6 Å². The van der Waals surface area contributed by atoms with E-state index < -0.39 is 0 Å². The van der Waals surface area contributed by atoms with E-state index in [1.54, 1.807) is 12.5 Å². The molecule has 1 saturated heterocycles. The fraction of sp³-hybridized carbons (Fsp3) is 0.273. The van der Waals surface area contributed by atoms with E-state index in [9.17, 15) is 4.79 Å². The maximum absolute atomic E-state index is 13.0. The van der Waals surface area contributed by atoms with Crippen LogP contribution in [0.3, 0.4) is 0 Å². The number of benzene rings is 2. The van der Waals surface area contributed by atoms with Crippen LogP contribution in [-0.4, -0.2) is 46.0 Å². The summed E-state index contributed by atoms with van der Waals surface area (Å²) in [4.78, 5) is 21.4. The Balaban J connectivity index is 1.46. The van der Waals surface area contributed by atoms with Crippen LogP contribution in [0.2, 0.25) is 0 Å². The third-order valence-electron chi connectivity index (χ3n) is 5.26. The van der Waals surface area contributed by atoms with Gasteiger partial charge in [0.25, 0.3) is 5.91 Å². The first-order valence-electron chi connectivity index (χ1n) is 9.33. The number of hydrogen-bond donors (Lipinski definition) is 0. The van der Waals surface area contributed by atoms with Gasteiger partial charge in [-0.05, 0) is 49.7 Å². The number of rotatable bonds is 3. The number of carbonyl (C=O) groups is 1. The van der Waals surface area contributed by atoms with E-state index in [1.807, 2.05) is 39.9 Å². The van der Waals surface area contributed by atoms with Crippen LogP contribution >= 0.6 is 0 Å². The molecule has 1 aliphatic rings. The smallest absolute Gasteiger partial charge is 0.254 e. The van der Waals surface area contributed by atoms with Gasteiger partial charge in [-0.1, -0.05) is 18.2 Å². The Morgan fingerprint density at radius 3 is 2.52 bits per heavy atom. The number of piperazine rings is 1. The van der Waals surface area contributed by atoms with Gasteiger partial charge in [0.05, 0.1) is 6.33 Å². The molecular formula is C22H24N4O. The van der Waals surface area contributed by atoms with Crippen molar-refractivity contribution in [1.82, 2.24) is 14.5 Å². The van der Waals surface area contributed by atoms with Gasteiger partial charge in [0.1, 0.15) is 0 Å². The summed E-state index contributed by atoms with van der Waals surface area (Å²) in [5, 5.41) is 0. The predicted octanol–water partition coefficient (Wildman–Crippen LogP) is 3.53. The van der Waals surface area contributed by atoms with Gasteiger partial charge >= 0.3 is 0 Å². The maximum Gasteiger partial charge on any atom is 0.254 e. The summed E-state index contributed by atoms with van der Waals surface area (Å²) in [5.41, 5.74) is 4.28. The molecule has 1 fully saturated rings. The largest absolute Gasteiger partial charge is 0.367 e. The molecule has 3 aromatic rings. The molecule has 4 rings (SSSR count). The van der Waals surface area contributed by atoms with Crippen molar-refractivity contribution in [3.8, 4) is 5.69 Å². The Labute approximate surface area is 159 Å². The zero-order valence-corrected chi connectivity index (χ0v) is 15.7. The molecule has 1 unspecified atom stereocenters. The first kappa shape index (κ1) is 17.3. The molecule has 2 aromatic carbocycles. The molecule has 0 spiro atoms. The van der Waals surface area contributed by atoms with E-state index in [-0.39, 0.29) is 11.9 Å². The number of hydrogen-bond acceptors (Lipinski definition) is 3. The van der Waals surface area contributed by atoms with Gasteiger partial charge in [0.15, 0.2) is 0 Å². The minimum atomic E-state index is 0.101. The highest BCUT2D eigenvalue weighted by Crippen LogP contribution is 2.24. The molecule has 1 atom stereocenters. The van der Waals surface area contributed by atoms with Crippen LogP contribution in [0.4, 0.5) is 5.69 Å². The van der Waals surface area contributed by atoms with Crippen LogP contribution < -0.4 is 4.90 Å². The number of para-hydroxylation sites is 1. The summed E-state index contributed by atoms with van der Waals surface area (Å²) in [6.07, 6.45) is 5.39. The Kier molecular flexibility index (Phi) is 4.67. The molecule has 0 N–H and O–H groups in total. The van der Waals surface area contributed by atoms with Gasteiger partial charge in [0.2, 0.25) is 0 Å². The molecule has 0 saturated carbocycles. The first-order valence-corrected chi connectivity index (χ1v) is 9.33. The molecule has 0 bridgehead atoms. The lowest BCUT2D eigenvalue weighted by Crippen LogP contribution is -2.54. The second-order valence-corrected chi connectivity index (χ2v) is 7.10. The van der Waals surface area contributed by atoms with Gasteiger partial charge in [-0.15, -0.1) is 0 Å². The normalized spacial score (nSPS) is 17.2. The highest BCUT2D eigenvalue weighted by molar-refractivity contribution is 5.94. The molecule has 2 heterocycles. The van der Waals surface area contributed by atoms with Gasteiger partial charge in [0, 0.05) is 55.0 Å². The molecule has 0 radical (unpaired) electrons. The predicted molar refractivity (Wildman–Crippen MR) is 107 cm³/mol. The first-order chi connectivity index (χ1) is 13.1. The van der Waals surface area contributed by atoms with Crippen molar-refractivity contribution in [2.75, 3.05) is 24.5 Å². The van der Waals surface area contributed by atoms with Crippen molar-refractivity contribution in [2.45, 2.75) is 19.9 Å². The number of imidazole rings is 1. The summed E-state index contributed by atoms with van der Waals surface area (Å²) in [6.45, 7) is 6.71. The number of nitrogens with zero attached hydrogens (tertiary/aromatic N) is 4. The molecule has 1 aromatic heterocycles. The summed E-state index contributed by atoms with van der Waals surface area (Å²) in [7, 11) is 0. The summed E-state index contributed by atoms with van der Waals surface area (Å²) >= 11 is 0. The molecular weight excluding hydrogens is 336 g/mol. The lowest BCUT2D eigenvalue weighted by atomic mass is 10.1. The number of carbonyl (C=O) groups excluding carboxylic acids is 1. The SMILES string of the molecule is Cc1ccccc1N1CCN(C(=O)c2ccc(-n3ccnc3)cc2)C(C)C1. The molecule has 1 aliphatic heterocycles. The highest BCUT2D eigenvalue weighted by atomic mass is 16.2. The lowest BCUT2D eigenvalue weighted by molar-refractivity contribution is 0.0674. The minimum absolute atomic E-state index is 0.101. The van der Waals surface area contributed by atoms with E-state index in [1.165, 1.54) is 11.3 Å². The number of amides is 1. The zero-order valence-electron chi connectivity index (χ0n) is 15.7. The Hall–Kier alpha value is -3.08. The second kappa shape index (κ2) is 7.27. The van der Waals surface area contributed by atoms with Crippen molar-refractivity contribution in [1.29, 1.82) is 0 Å². The van der Waals surface area contributed by atoms with Crippen molar-refractivity contribution in [2.24, 2.45) is 0 Å². The van der Waals surface area contributed by atoms with E-state index in [0.29, 0.717) is 0 Å². The van der Waals surface area contributed by atoms with Gasteiger partial charge < -0.3 is 14.4 Å². The third kappa shape index (κ3) is 3.45. The van der Waals surface area contributed by atoms with Crippen LogP contribution in [0, 0.1) is 6.92 Å². The van der Waals surface area contributed by atoms with Crippen molar-refractivity contribution in [3.63, 3.8) is 0 Å². The second-order valence-electron chi connectivity index (χ2n) is 7.10. The van der Waals surface area contributed by atoms with Crippen LogP contribution in [0.5, 0.6) is 0 Å². The Morgan fingerprint density at radius 2 is 1.85 bits per heavy atom. The topological polar surface area (TPSA) is 41.4 Å². The third-order valence-corrected chi connectivity index (χ3v) is 5.26. The zero-order chi connectivity index (χ0) is 18.8. The monoisotopic (exact) mass is 360 g/mol. The van der Waals surface area contributed by atoms with E-state index in [2.05, 4.69) is 48.0 Å². The number of aromatic nitrogens is 2. The molecule has 0 aliphatic carbocycles. The fourth-order valence-corrected chi connectivity index (χ4v) is 3.75. The number of anilines is 1. The molecule has 1 amide bonds. The van der Waals surface area contributed by atoms with Gasteiger partial charge in [-0.2, -0.15) is 0 Å². The molecule has 5 heteroatoms. The van der Waals surface area contributed by atoms with Gasteiger partial charge in [-0.25, -0.2) is 4.98 Å². The van der Waals surface area contributed by atoms with E-state index >= 15 is 0 Å². The summed E-state index contributed by atoms with van der Waals surface area (Å²) in [6, 6.07) is 16.3. The average molecular weight is 360 g/mol. The molecule has 5 nitrogen and oxygen atoms in total. The highest BCUT2D eigenvalue weighted by Gasteiger charge is 2.28. The average Bonchev–Trinajstić information content (AvgIpc) is 3.23. The maximum atomic E-state index is 13.0. The Morgan fingerprint density at radius 1 is 1.07 bits per heavy atom. The lowest BCUT2D eigenvalue weighted by Gasteiger charge is -2.41. The minimum Gasteiger partial charge on any atom is -0.367 e. The Bertz CT molecular complexity index is 918. The standard InChI is InChI=1S/C22H24N4O/c1-17-5-3-4-6-21(17)24-13-14-26(18(2)15-24)22(27)19-7-9-20(10-8-19)25-12-11-23-16-25/h3-12,16,18H,13-15H2,1-2H3. The van der Waals surface area contributed by atoms with Crippen LogP contribution in [0.15, 0.2) is 67.3 Å². The van der Waals surface area contributed by atoms with Gasteiger partial charge in [-0.3, -0.25) is 4.79 Å². The van der Waals surface area contributed by atoms with Crippen LogP contribution in [0.25, 0.3) is 5.69 Å². The van der Waals surface area contributed by atoms with Crippen LogP contribution in [-0.2, 0) is 0 Å². The fourth-order valence-electron chi connectivity index (χ4n) is 3.75. The quantitative estimate of drug-likeness (QED) is 0.717. The van der Waals surface area contributed by atoms with Crippen molar-refractivity contribution < 1.29 is 4.79 Å². The molecule has 27 heavy (non-hydrogen) atoms. The van der Waals surface area contributed by atoms with E-state index in [0.717, 1.165) is 30.9 Å². The summed E-state index contributed by atoms with van der Waals surface area (Å²) < 4.78 is 1.93. The molecule has 138 valence electrons. The van der Waals surface area contributed by atoms with Crippen LogP contribution in [0.1, 0.15) is 22.8 Å².